The van der Waals surface area contributed by atoms with Gasteiger partial charge in [0.15, 0.2) is 0 Å². The molecule has 2 nitrogen and oxygen atoms in total. The lowest BCUT2D eigenvalue weighted by molar-refractivity contribution is -0.126. The molecule has 16 heavy (non-hydrogen) atoms. The van der Waals surface area contributed by atoms with E-state index in [9.17, 15) is 4.79 Å². The second-order valence-electron chi connectivity index (χ2n) is 6.56. The van der Waals surface area contributed by atoms with Crippen LogP contribution in [0.25, 0.3) is 0 Å². The molecule has 0 aromatic rings. The van der Waals surface area contributed by atoms with E-state index < -0.39 is 0 Å². The molecule has 94 valence electrons. The Morgan fingerprint density at radius 2 is 1.75 bits per heavy atom. The van der Waals surface area contributed by atoms with Crippen LogP contribution in [0, 0.1) is 17.3 Å². The largest absolute Gasteiger partial charge is 0.356 e. The van der Waals surface area contributed by atoms with Crippen molar-refractivity contribution in [3.8, 4) is 0 Å². The minimum absolute atomic E-state index is 0.288. The summed E-state index contributed by atoms with van der Waals surface area (Å²) in [4.78, 5) is 11.9. The van der Waals surface area contributed by atoms with Gasteiger partial charge in [-0.15, -0.1) is 0 Å². The summed E-state index contributed by atoms with van der Waals surface area (Å²) in [5, 5.41) is 3.08. The van der Waals surface area contributed by atoms with Crippen molar-refractivity contribution in [3.63, 3.8) is 0 Å². The Labute approximate surface area is 100 Å². The van der Waals surface area contributed by atoms with E-state index in [0.717, 1.165) is 31.7 Å². The van der Waals surface area contributed by atoms with E-state index in [2.05, 4.69) is 33.0 Å². The van der Waals surface area contributed by atoms with Crippen LogP contribution in [0.5, 0.6) is 0 Å². The SMILES string of the molecule is CC1CCC(C(=O)NCCC(C)(C)C)CC1. The van der Waals surface area contributed by atoms with E-state index in [1.807, 2.05) is 0 Å². The number of carbonyl (C=O) groups excluding carboxylic acids is 1. The lowest BCUT2D eigenvalue weighted by atomic mass is 9.82. The topological polar surface area (TPSA) is 29.1 Å². The minimum atomic E-state index is 0.288. The third kappa shape index (κ3) is 5.00. The van der Waals surface area contributed by atoms with Crippen LogP contribution in [0.3, 0.4) is 0 Å². The molecule has 2 heteroatoms. The van der Waals surface area contributed by atoms with Gasteiger partial charge in [-0.05, 0) is 43.4 Å². The first-order valence-electron chi connectivity index (χ1n) is 6.66. The van der Waals surface area contributed by atoms with Crippen molar-refractivity contribution in [1.29, 1.82) is 0 Å². The molecule has 1 amide bonds. The molecule has 0 heterocycles. The zero-order valence-electron chi connectivity index (χ0n) is 11.3. The molecule has 0 aliphatic heterocycles. The second kappa shape index (κ2) is 5.70. The highest BCUT2D eigenvalue weighted by atomic mass is 16.1. The van der Waals surface area contributed by atoms with Gasteiger partial charge < -0.3 is 5.32 Å². The predicted octanol–water partition coefficient (Wildman–Crippen LogP) is 3.37. The van der Waals surface area contributed by atoms with Crippen LogP contribution in [-0.2, 0) is 4.79 Å². The predicted molar refractivity (Wildman–Crippen MR) is 68.2 cm³/mol. The van der Waals surface area contributed by atoms with Gasteiger partial charge in [-0.25, -0.2) is 0 Å². The van der Waals surface area contributed by atoms with Crippen molar-refractivity contribution in [2.24, 2.45) is 17.3 Å². The quantitative estimate of drug-likeness (QED) is 0.784. The summed E-state index contributed by atoms with van der Waals surface area (Å²) in [6.45, 7) is 9.74. The van der Waals surface area contributed by atoms with Crippen LogP contribution in [0.15, 0.2) is 0 Å². The van der Waals surface area contributed by atoms with Crippen molar-refractivity contribution in [2.45, 2.75) is 59.8 Å². The van der Waals surface area contributed by atoms with Crippen LogP contribution in [0.2, 0.25) is 0 Å². The fourth-order valence-corrected chi connectivity index (χ4v) is 2.23. The molecule has 0 atom stereocenters. The Balaban J connectivity index is 2.20. The van der Waals surface area contributed by atoms with E-state index in [4.69, 9.17) is 0 Å². The maximum atomic E-state index is 11.9. The van der Waals surface area contributed by atoms with Gasteiger partial charge in [0.2, 0.25) is 5.91 Å². The first kappa shape index (κ1) is 13.5. The lowest BCUT2D eigenvalue weighted by Gasteiger charge is -2.26. The third-order valence-corrected chi connectivity index (χ3v) is 3.56. The first-order chi connectivity index (χ1) is 7.38. The highest BCUT2D eigenvalue weighted by Crippen LogP contribution is 2.28. The van der Waals surface area contributed by atoms with Gasteiger partial charge in [-0.3, -0.25) is 4.79 Å². The summed E-state index contributed by atoms with van der Waals surface area (Å²) in [6.07, 6.45) is 5.67. The maximum Gasteiger partial charge on any atom is 0.223 e. The molecule has 1 aliphatic carbocycles. The van der Waals surface area contributed by atoms with E-state index in [1.54, 1.807) is 0 Å². The summed E-state index contributed by atoms with van der Waals surface area (Å²) in [7, 11) is 0. The van der Waals surface area contributed by atoms with Crippen molar-refractivity contribution in [1.82, 2.24) is 5.32 Å². The highest BCUT2D eigenvalue weighted by molar-refractivity contribution is 5.78. The number of hydrogen-bond donors (Lipinski definition) is 1. The first-order valence-corrected chi connectivity index (χ1v) is 6.66. The van der Waals surface area contributed by atoms with E-state index in [0.29, 0.717) is 5.41 Å². The Hall–Kier alpha value is -0.530. The summed E-state index contributed by atoms with van der Waals surface area (Å²) < 4.78 is 0. The van der Waals surface area contributed by atoms with Gasteiger partial charge in [-0.1, -0.05) is 27.7 Å². The molecule has 0 saturated heterocycles. The second-order valence-corrected chi connectivity index (χ2v) is 6.56. The molecule has 1 rings (SSSR count). The van der Waals surface area contributed by atoms with Gasteiger partial charge in [-0.2, -0.15) is 0 Å². The molecule has 0 unspecified atom stereocenters. The van der Waals surface area contributed by atoms with E-state index in [1.165, 1.54) is 12.8 Å². The molecule has 0 bridgehead atoms. The number of hydrogen-bond acceptors (Lipinski definition) is 1. The monoisotopic (exact) mass is 225 g/mol. The number of nitrogens with one attached hydrogen (secondary N) is 1. The van der Waals surface area contributed by atoms with Crippen molar-refractivity contribution in [2.75, 3.05) is 6.54 Å². The van der Waals surface area contributed by atoms with Crippen LogP contribution in [0.1, 0.15) is 59.8 Å². The summed E-state index contributed by atoms with van der Waals surface area (Å²) >= 11 is 0. The van der Waals surface area contributed by atoms with Crippen LogP contribution in [-0.4, -0.2) is 12.5 Å². The zero-order chi connectivity index (χ0) is 12.2. The molecular weight excluding hydrogens is 198 g/mol. The number of rotatable bonds is 3. The van der Waals surface area contributed by atoms with Crippen LogP contribution >= 0.6 is 0 Å². The normalized spacial score (nSPS) is 26.5. The minimum Gasteiger partial charge on any atom is -0.356 e. The molecule has 1 N–H and O–H groups in total. The summed E-state index contributed by atoms with van der Waals surface area (Å²) in [5.74, 6) is 1.39. The average Bonchev–Trinajstić information content (AvgIpc) is 2.16. The van der Waals surface area contributed by atoms with E-state index >= 15 is 0 Å². The van der Waals surface area contributed by atoms with Crippen molar-refractivity contribution in [3.05, 3.63) is 0 Å². The molecule has 0 aromatic carbocycles. The fourth-order valence-electron chi connectivity index (χ4n) is 2.23. The average molecular weight is 225 g/mol. The zero-order valence-corrected chi connectivity index (χ0v) is 11.3. The van der Waals surface area contributed by atoms with Crippen molar-refractivity contribution >= 4 is 5.91 Å². The fraction of sp³-hybridized carbons (Fsp3) is 0.929. The Bertz CT molecular complexity index is 221. The molecule has 0 radical (unpaired) electrons. The van der Waals surface area contributed by atoms with Crippen LogP contribution < -0.4 is 5.32 Å². The summed E-state index contributed by atoms with van der Waals surface area (Å²) in [6, 6.07) is 0. The Morgan fingerprint density at radius 1 is 1.19 bits per heavy atom. The van der Waals surface area contributed by atoms with Gasteiger partial charge in [0, 0.05) is 12.5 Å². The van der Waals surface area contributed by atoms with Crippen LogP contribution in [0.4, 0.5) is 0 Å². The number of carbonyl (C=O) groups is 1. The molecule has 0 spiro atoms. The standard InChI is InChI=1S/C14H27NO/c1-11-5-7-12(8-6-11)13(16)15-10-9-14(2,3)4/h11-12H,5-10H2,1-4H3,(H,15,16). The molecule has 1 fully saturated rings. The Kier molecular flexibility index (Phi) is 4.82. The van der Waals surface area contributed by atoms with Gasteiger partial charge in [0.05, 0.1) is 0 Å². The number of amides is 1. The molecular formula is C14H27NO. The summed E-state index contributed by atoms with van der Waals surface area (Å²) in [5.41, 5.74) is 0.314. The van der Waals surface area contributed by atoms with Gasteiger partial charge >= 0.3 is 0 Å². The highest BCUT2D eigenvalue weighted by Gasteiger charge is 2.24. The van der Waals surface area contributed by atoms with E-state index in [-0.39, 0.29) is 11.8 Å². The van der Waals surface area contributed by atoms with Gasteiger partial charge in [0.25, 0.3) is 0 Å². The molecule has 1 saturated carbocycles. The van der Waals surface area contributed by atoms with Gasteiger partial charge in [0.1, 0.15) is 0 Å². The Morgan fingerprint density at radius 3 is 2.25 bits per heavy atom. The van der Waals surface area contributed by atoms with Crippen molar-refractivity contribution < 1.29 is 4.79 Å². The smallest absolute Gasteiger partial charge is 0.223 e. The lowest BCUT2D eigenvalue weighted by Crippen LogP contribution is -2.34. The molecule has 0 aromatic heterocycles. The third-order valence-electron chi connectivity index (χ3n) is 3.56. The maximum absolute atomic E-state index is 11.9. The molecule has 1 aliphatic rings.